The van der Waals surface area contributed by atoms with Gasteiger partial charge in [0.2, 0.25) is 0 Å². The lowest BCUT2D eigenvalue weighted by molar-refractivity contribution is 0.291. The topological polar surface area (TPSA) is 39.1 Å². The maximum atomic E-state index is 5.94. The van der Waals surface area contributed by atoms with E-state index in [1.54, 1.807) is 6.33 Å². The fourth-order valence-electron chi connectivity index (χ4n) is 1.82. The van der Waals surface area contributed by atoms with Crippen molar-refractivity contribution in [2.45, 2.75) is 19.6 Å². The molecule has 102 valence electrons. The minimum atomic E-state index is 0.245. The minimum absolute atomic E-state index is 0.245. The van der Waals surface area contributed by atoms with Crippen molar-refractivity contribution in [2.24, 2.45) is 7.05 Å². The summed E-state index contributed by atoms with van der Waals surface area (Å²) in [6.07, 6.45) is 3.59. The van der Waals surface area contributed by atoms with Crippen molar-refractivity contribution in [3.8, 4) is 5.75 Å². The lowest BCUT2D eigenvalue weighted by Gasteiger charge is -2.17. The van der Waals surface area contributed by atoms with E-state index in [2.05, 4.69) is 39.2 Å². The Hall–Kier alpha value is -1.33. The van der Waals surface area contributed by atoms with E-state index in [-0.39, 0.29) is 6.04 Å². The molecule has 1 N–H and O–H groups in total. The minimum Gasteiger partial charge on any atom is -0.487 e. The van der Waals surface area contributed by atoms with E-state index >= 15 is 0 Å². The summed E-state index contributed by atoms with van der Waals surface area (Å²) in [5.74, 6) is 0.887. The van der Waals surface area contributed by atoms with Gasteiger partial charge in [-0.3, -0.25) is 0 Å². The summed E-state index contributed by atoms with van der Waals surface area (Å²) in [5.41, 5.74) is 2.19. The van der Waals surface area contributed by atoms with E-state index in [1.807, 2.05) is 37.0 Å². The van der Waals surface area contributed by atoms with Crippen LogP contribution >= 0.6 is 15.9 Å². The van der Waals surface area contributed by atoms with Crippen LogP contribution in [-0.2, 0) is 13.7 Å². The molecule has 0 fully saturated rings. The molecule has 0 saturated carbocycles. The van der Waals surface area contributed by atoms with Gasteiger partial charge in [0, 0.05) is 23.1 Å². The highest BCUT2D eigenvalue weighted by atomic mass is 79.9. The predicted molar refractivity (Wildman–Crippen MR) is 79.2 cm³/mol. The number of rotatable bonds is 5. The largest absolute Gasteiger partial charge is 0.487 e. The summed E-state index contributed by atoms with van der Waals surface area (Å²) in [4.78, 5) is 4.09. The monoisotopic (exact) mass is 323 g/mol. The molecule has 2 rings (SSSR count). The molecule has 2 aromatic rings. The Morgan fingerprint density at radius 3 is 2.89 bits per heavy atom. The molecule has 19 heavy (non-hydrogen) atoms. The van der Waals surface area contributed by atoms with Gasteiger partial charge in [0.1, 0.15) is 12.4 Å². The Kier molecular flexibility index (Phi) is 4.61. The number of hydrogen-bond acceptors (Lipinski definition) is 3. The molecule has 5 heteroatoms. The Labute approximate surface area is 121 Å². The van der Waals surface area contributed by atoms with Crippen LogP contribution in [-0.4, -0.2) is 16.6 Å². The molecule has 0 aliphatic carbocycles. The number of nitrogens with one attached hydrogen (secondary N) is 1. The molecule has 1 heterocycles. The first-order valence-electron chi connectivity index (χ1n) is 6.16. The smallest absolute Gasteiger partial charge is 0.130 e. The second-order valence-electron chi connectivity index (χ2n) is 4.48. The summed E-state index contributed by atoms with van der Waals surface area (Å²) in [6.45, 7) is 2.62. The standard InChI is InChI=1S/C14H18BrN3O/c1-10(16-2)13-5-4-11(15)6-14(13)19-8-12-7-17-9-18(12)3/h4-7,9-10,16H,8H2,1-3H3. The highest BCUT2D eigenvalue weighted by Gasteiger charge is 2.11. The number of aryl methyl sites for hydroxylation is 1. The van der Waals surface area contributed by atoms with Crippen LogP contribution in [0.15, 0.2) is 35.2 Å². The first-order valence-corrected chi connectivity index (χ1v) is 6.96. The number of hydrogen-bond donors (Lipinski definition) is 1. The molecule has 0 radical (unpaired) electrons. The average Bonchev–Trinajstić information content (AvgIpc) is 2.81. The van der Waals surface area contributed by atoms with Crippen LogP contribution in [0.2, 0.25) is 0 Å². The molecule has 0 saturated heterocycles. The molecule has 4 nitrogen and oxygen atoms in total. The number of nitrogens with zero attached hydrogens (tertiary/aromatic N) is 2. The van der Waals surface area contributed by atoms with E-state index in [4.69, 9.17) is 4.74 Å². The van der Waals surface area contributed by atoms with Crippen molar-refractivity contribution in [1.82, 2.24) is 14.9 Å². The Balaban J connectivity index is 2.19. The summed E-state index contributed by atoms with van der Waals surface area (Å²) in [6, 6.07) is 6.35. The third kappa shape index (κ3) is 3.36. The number of imidazole rings is 1. The number of halogens is 1. The quantitative estimate of drug-likeness (QED) is 0.919. The Morgan fingerprint density at radius 1 is 1.47 bits per heavy atom. The highest BCUT2D eigenvalue weighted by molar-refractivity contribution is 9.10. The van der Waals surface area contributed by atoms with E-state index < -0.39 is 0 Å². The lowest BCUT2D eigenvalue weighted by atomic mass is 10.1. The fourth-order valence-corrected chi connectivity index (χ4v) is 2.16. The van der Waals surface area contributed by atoms with Crippen molar-refractivity contribution in [1.29, 1.82) is 0 Å². The van der Waals surface area contributed by atoms with Gasteiger partial charge in [-0.15, -0.1) is 0 Å². The van der Waals surface area contributed by atoms with E-state index in [1.165, 1.54) is 0 Å². The number of aromatic nitrogens is 2. The van der Waals surface area contributed by atoms with Crippen molar-refractivity contribution >= 4 is 15.9 Å². The van der Waals surface area contributed by atoms with Crippen LogP contribution < -0.4 is 10.1 Å². The Morgan fingerprint density at radius 2 is 2.26 bits per heavy atom. The maximum absolute atomic E-state index is 5.94. The molecule has 0 amide bonds. The zero-order valence-corrected chi connectivity index (χ0v) is 12.9. The van der Waals surface area contributed by atoms with E-state index in [9.17, 15) is 0 Å². The van der Waals surface area contributed by atoms with Gasteiger partial charge in [-0.25, -0.2) is 4.98 Å². The zero-order chi connectivity index (χ0) is 13.8. The second-order valence-corrected chi connectivity index (χ2v) is 5.39. The normalized spacial score (nSPS) is 12.4. The van der Waals surface area contributed by atoms with Crippen LogP contribution in [0.25, 0.3) is 0 Å². The van der Waals surface area contributed by atoms with Gasteiger partial charge in [-0.1, -0.05) is 22.0 Å². The van der Waals surface area contributed by atoms with Gasteiger partial charge in [0.05, 0.1) is 18.2 Å². The number of ether oxygens (including phenoxy) is 1. The van der Waals surface area contributed by atoms with Crippen molar-refractivity contribution in [3.63, 3.8) is 0 Å². The van der Waals surface area contributed by atoms with Gasteiger partial charge in [-0.05, 0) is 26.1 Å². The molecule has 1 unspecified atom stereocenters. The fraction of sp³-hybridized carbons (Fsp3) is 0.357. The third-order valence-electron chi connectivity index (χ3n) is 3.17. The van der Waals surface area contributed by atoms with Crippen molar-refractivity contribution < 1.29 is 4.74 Å². The molecular formula is C14H18BrN3O. The summed E-state index contributed by atoms with van der Waals surface area (Å²) in [5, 5.41) is 3.23. The summed E-state index contributed by atoms with van der Waals surface area (Å²) >= 11 is 3.48. The van der Waals surface area contributed by atoms with Gasteiger partial charge >= 0.3 is 0 Å². The van der Waals surface area contributed by atoms with Crippen LogP contribution in [0, 0.1) is 0 Å². The molecule has 0 aliphatic rings. The van der Waals surface area contributed by atoms with Gasteiger partial charge < -0.3 is 14.6 Å². The first kappa shape index (κ1) is 14.1. The van der Waals surface area contributed by atoms with Gasteiger partial charge in [0.15, 0.2) is 0 Å². The van der Waals surface area contributed by atoms with Crippen LogP contribution in [0.4, 0.5) is 0 Å². The van der Waals surface area contributed by atoms with Crippen molar-refractivity contribution in [2.75, 3.05) is 7.05 Å². The first-order chi connectivity index (χ1) is 9.11. The molecule has 1 aromatic heterocycles. The van der Waals surface area contributed by atoms with Crippen LogP contribution in [0.3, 0.4) is 0 Å². The van der Waals surface area contributed by atoms with Crippen LogP contribution in [0.5, 0.6) is 5.75 Å². The maximum Gasteiger partial charge on any atom is 0.130 e. The molecule has 0 spiro atoms. The van der Waals surface area contributed by atoms with Crippen molar-refractivity contribution in [3.05, 3.63) is 46.5 Å². The molecule has 1 aromatic carbocycles. The lowest BCUT2D eigenvalue weighted by Crippen LogP contribution is -2.14. The molecule has 1 atom stereocenters. The Bertz CT molecular complexity index is 553. The molecule has 0 aliphatic heterocycles. The summed E-state index contributed by atoms with van der Waals surface area (Å²) in [7, 11) is 3.90. The van der Waals surface area contributed by atoms with Gasteiger partial charge in [-0.2, -0.15) is 0 Å². The zero-order valence-electron chi connectivity index (χ0n) is 11.4. The highest BCUT2D eigenvalue weighted by Crippen LogP contribution is 2.29. The summed E-state index contributed by atoms with van der Waals surface area (Å²) < 4.78 is 8.91. The average molecular weight is 324 g/mol. The molecule has 0 bridgehead atoms. The third-order valence-corrected chi connectivity index (χ3v) is 3.66. The van der Waals surface area contributed by atoms with E-state index in [0.29, 0.717) is 6.61 Å². The van der Waals surface area contributed by atoms with E-state index in [0.717, 1.165) is 21.5 Å². The second kappa shape index (κ2) is 6.21. The van der Waals surface area contributed by atoms with Crippen LogP contribution in [0.1, 0.15) is 24.2 Å². The molecular weight excluding hydrogens is 306 g/mol. The van der Waals surface area contributed by atoms with Gasteiger partial charge in [0.25, 0.3) is 0 Å². The predicted octanol–water partition coefficient (Wildman–Crippen LogP) is 3.04. The number of benzene rings is 1. The SMILES string of the molecule is CNC(C)c1ccc(Br)cc1OCc1cncn1C.